The highest BCUT2D eigenvalue weighted by Gasteiger charge is 2.41. The maximum Gasteiger partial charge on any atom is 0.00700 e. The zero-order valence-electron chi connectivity index (χ0n) is 9.71. The number of rotatable bonds is 4. The summed E-state index contributed by atoms with van der Waals surface area (Å²) >= 11 is 0. The molecule has 4 atom stereocenters. The highest BCUT2D eigenvalue weighted by Crippen LogP contribution is 2.49. The van der Waals surface area contributed by atoms with Gasteiger partial charge in [-0.05, 0) is 55.8 Å². The predicted octanol–water partition coefficient (Wildman–Crippen LogP) is 3.19. The normalized spacial score (nSPS) is 38.1. The summed E-state index contributed by atoms with van der Waals surface area (Å²) in [5.74, 6) is 3.75. The average molecular weight is 195 g/mol. The van der Waals surface area contributed by atoms with Crippen LogP contribution in [0.4, 0.5) is 0 Å². The molecule has 2 saturated carbocycles. The first-order valence-electron chi connectivity index (χ1n) is 6.42. The van der Waals surface area contributed by atoms with E-state index < -0.39 is 0 Å². The maximum absolute atomic E-state index is 6.31. The van der Waals surface area contributed by atoms with Crippen LogP contribution in [-0.2, 0) is 0 Å². The fourth-order valence-electron chi connectivity index (χ4n) is 3.56. The third-order valence-electron chi connectivity index (χ3n) is 4.42. The van der Waals surface area contributed by atoms with Crippen LogP contribution in [0.1, 0.15) is 52.4 Å². The van der Waals surface area contributed by atoms with E-state index in [0.717, 1.165) is 23.7 Å². The van der Waals surface area contributed by atoms with E-state index in [1.165, 1.54) is 38.5 Å². The molecule has 0 aromatic heterocycles. The lowest BCUT2D eigenvalue weighted by atomic mass is 9.81. The van der Waals surface area contributed by atoms with Crippen LogP contribution in [0.15, 0.2) is 0 Å². The molecule has 2 aliphatic carbocycles. The molecule has 0 aromatic rings. The van der Waals surface area contributed by atoms with Gasteiger partial charge in [0.05, 0.1) is 0 Å². The third-order valence-corrected chi connectivity index (χ3v) is 4.42. The summed E-state index contributed by atoms with van der Waals surface area (Å²) < 4.78 is 0. The van der Waals surface area contributed by atoms with Crippen molar-refractivity contribution < 1.29 is 0 Å². The highest BCUT2D eigenvalue weighted by molar-refractivity contribution is 4.94. The van der Waals surface area contributed by atoms with Crippen molar-refractivity contribution in [1.82, 2.24) is 0 Å². The summed E-state index contributed by atoms with van der Waals surface area (Å²) in [6, 6.07) is 0.507. The number of nitrogens with two attached hydrogens (primary N) is 1. The Hall–Kier alpha value is -0.0400. The molecule has 1 heteroatoms. The van der Waals surface area contributed by atoms with Gasteiger partial charge >= 0.3 is 0 Å². The molecule has 2 aliphatic rings. The van der Waals surface area contributed by atoms with Gasteiger partial charge in [-0.15, -0.1) is 0 Å². The Labute approximate surface area is 88.4 Å². The van der Waals surface area contributed by atoms with Crippen molar-refractivity contribution in [3.05, 3.63) is 0 Å². The van der Waals surface area contributed by atoms with Crippen LogP contribution in [0, 0.1) is 23.7 Å². The first-order chi connectivity index (χ1) is 6.66. The van der Waals surface area contributed by atoms with Crippen LogP contribution >= 0.6 is 0 Å². The van der Waals surface area contributed by atoms with E-state index in [9.17, 15) is 0 Å². The van der Waals surface area contributed by atoms with Gasteiger partial charge in [-0.3, -0.25) is 0 Å². The summed E-state index contributed by atoms with van der Waals surface area (Å²) in [7, 11) is 0. The van der Waals surface area contributed by atoms with E-state index in [4.69, 9.17) is 5.73 Å². The second kappa shape index (κ2) is 4.22. The van der Waals surface area contributed by atoms with E-state index in [1.54, 1.807) is 0 Å². The molecule has 0 aromatic carbocycles. The molecule has 0 amide bonds. The largest absolute Gasteiger partial charge is 0.327 e. The summed E-state index contributed by atoms with van der Waals surface area (Å²) in [5.41, 5.74) is 6.31. The first-order valence-corrected chi connectivity index (χ1v) is 6.42. The van der Waals surface area contributed by atoms with E-state index in [0.29, 0.717) is 6.04 Å². The first kappa shape index (κ1) is 10.5. The summed E-state index contributed by atoms with van der Waals surface area (Å²) in [4.78, 5) is 0. The topological polar surface area (TPSA) is 26.0 Å². The summed E-state index contributed by atoms with van der Waals surface area (Å²) in [6.07, 6.45) is 8.49. The second-order valence-corrected chi connectivity index (χ2v) is 5.97. The van der Waals surface area contributed by atoms with Crippen LogP contribution in [0.25, 0.3) is 0 Å². The predicted molar refractivity (Wildman–Crippen MR) is 61.0 cm³/mol. The Bertz CT molecular complexity index is 188. The van der Waals surface area contributed by atoms with Crippen molar-refractivity contribution >= 4 is 0 Å². The molecule has 2 rings (SSSR count). The van der Waals surface area contributed by atoms with E-state index in [2.05, 4.69) is 13.8 Å². The average Bonchev–Trinajstić information content (AvgIpc) is 2.74. The van der Waals surface area contributed by atoms with Gasteiger partial charge in [0.15, 0.2) is 0 Å². The van der Waals surface area contributed by atoms with Crippen LogP contribution in [0.5, 0.6) is 0 Å². The van der Waals surface area contributed by atoms with Gasteiger partial charge in [0.1, 0.15) is 0 Å². The Morgan fingerprint density at radius 1 is 1.14 bits per heavy atom. The zero-order chi connectivity index (χ0) is 10.1. The van der Waals surface area contributed by atoms with Crippen LogP contribution in [0.3, 0.4) is 0 Å². The molecular formula is C13H25N. The van der Waals surface area contributed by atoms with Gasteiger partial charge in [-0.1, -0.05) is 20.3 Å². The minimum absolute atomic E-state index is 0.507. The Morgan fingerprint density at radius 3 is 2.43 bits per heavy atom. The van der Waals surface area contributed by atoms with Crippen molar-refractivity contribution in [2.45, 2.75) is 58.4 Å². The highest BCUT2D eigenvalue weighted by atomic mass is 14.7. The van der Waals surface area contributed by atoms with Crippen LogP contribution in [-0.4, -0.2) is 6.04 Å². The number of hydrogen-bond donors (Lipinski definition) is 1. The van der Waals surface area contributed by atoms with Crippen molar-refractivity contribution in [3.8, 4) is 0 Å². The zero-order valence-corrected chi connectivity index (χ0v) is 9.71. The molecule has 0 radical (unpaired) electrons. The van der Waals surface area contributed by atoms with Crippen LogP contribution in [0.2, 0.25) is 0 Å². The van der Waals surface area contributed by atoms with E-state index in [-0.39, 0.29) is 0 Å². The Morgan fingerprint density at radius 2 is 1.93 bits per heavy atom. The maximum atomic E-state index is 6.31. The minimum atomic E-state index is 0.507. The molecule has 4 unspecified atom stereocenters. The number of hydrogen-bond acceptors (Lipinski definition) is 1. The third kappa shape index (κ3) is 2.13. The molecule has 2 fully saturated rings. The molecule has 0 spiro atoms. The van der Waals surface area contributed by atoms with Crippen LogP contribution < -0.4 is 5.73 Å². The quantitative estimate of drug-likeness (QED) is 0.732. The molecule has 0 heterocycles. The summed E-state index contributed by atoms with van der Waals surface area (Å²) in [6.45, 7) is 4.60. The minimum Gasteiger partial charge on any atom is -0.327 e. The van der Waals surface area contributed by atoms with E-state index in [1.807, 2.05) is 0 Å². The molecule has 82 valence electrons. The molecular weight excluding hydrogens is 170 g/mol. The van der Waals surface area contributed by atoms with Crippen molar-refractivity contribution in [1.29, 1.82) is 0 Å². The van der Waals surface area contributed by atoms with E-state index >= 15 is 0 Å². The van der Waals surface area contributed by atoms with Crippen molar-refractivity contribution in [2.24, 2.45) is 29.4 Å². The fraction of sp³-hybridized carbons (Fsp3) is 1.00. The smallest absolute Gasteiger partial charge is 0.00700 e. The molecule has 14 heavy (non-hydrogen) atoms. The molecule has 0 aliphatic heterocycles. The molecule has 0 saturated heterocycles. The SMILES string of the molecule is CC(C)CCC(N)C1CC2CCC1C2. The number of fused-ring (bicyclic) bond motifs is 2. The monoisotopic (exact) mass is 195 g/mol. The molecule has 2 bridgehead atoms. The van der Waals surface area contributed by atoms with Gasteiger partial charge < -0.3 is 5.73 Å². The second-order valence-electron chi connectivity index (χ2n) is 5.97. The van der Waals surface area contributed by atoms with Gasteiger partial charge in [-0.25, -0.2) is 0 Å². The van der Waals surface area contributed by atoms with Gasteiger partial charge in [0.2, 0.25) is 0 Å². The van der Waals surface area contributed by atoms with Gasteiger partial charge in [-0.2, -0.15) is 0 Å². The Kier molecular flexibility index (Phi) is 3.16. The lowest BCUT2D eigenvalue weighted by molar-refractivity contribution is 0.264. The Balaban J connectivity index is 1.78. The van der Waals surface area contributed by atoms with Crippen molar-refractivity contribution in [3.63, 3.8) is 0 Å². The fourth-order valence-corrected chi connectivity index (χ4v) is 3.56. The standard InChI is InChI=1S/C13H25N/c1-9(2)3-6-13(14)12-8-10-4-5-11(12)7-10/h9-13H,3-8,14H2,1-2H3. The lowest BCUT2D eigenvalue weighted by Crippen LogP contribution is -2.33. The van der Waals surface area contributed by atoms with Gasteiger partial charge in [0, 0.05) is 6.04 Å². The van der Waals surface area contributed by atoms with Gasteiger partial charge in [0.25, 0.3) is 0 Å². The van der Waals surface area contributed by atoms with Crippen molar-refractivity contribution in [2.75, 3.05) is 0 Å². The molecule has 1 nitrogen and oxygen atoms in total. The lowest BCUT2D eigenvalue weighted by Gasteiger charge is -2.28. The summed E-state index contributed by atoms with van der Waals surface area (Å²) in [5, 5.41) is 0. The molecule has 2 N–H and O–H groups in total.